The largest absolute Gasteiger partial charge is 0.362 e. The smallest absolute Gasteiger partial charge is 0.170 e. The first-order chi connectivity index (χ1) is 13.5. The third kappa shape index (κ3) is 4.88. The van der Waals surface area contributed by atoms with Gasteiger partial charge in [0.05, 0.1) is 23.6 Å². The minimum absolute atomic E-state index is 0.258. The number of hydrogen-bond acceptors (Lipinski definition) is 2. The molecule has 0 aliphatic rings. The number of rotatable bonds is 6. The maximum absolute atomic E-state index is 14.1. The second kappa shape index (κ2) is 9.17. The SMILES string of the molecule is Cc1nn(Cc2c(F)cccc2Cl)c(C)c1NC(=S)NCCc1ccccc1. The van der Waals surface area contributed by atoms with Crippen LogP contribution >= 0.6 is 23.8 Å². The van der Waals surface area contributed by atoms with Crippen molar-refractivity contribution in [1.29, 1.82) is 0 Å². The number of nitrogens with zero attached hydrogens (tertiary/aromatic N) is 2. The third-order valence-electron chi connectivity index (χ3n) is 4.53. The van der Waals surface area contributed by atoms with Crippen LogP contribution in [0.3, 0.4) is 0 Å². The Morgan fingerprint density at radius 3 is 2.61 bits per heavy atom. The molecule has 28 heavy (non-hydrogen) atoms. The molecule has 4 nitrogen and oxygen atoms in total. The van der Waals surface area contributed by atoms with Crippen LogP contribution in [0.1, 0.15) is 22.5 Å². The van der Waals surface area contributed by atoms with E-state index in [2.05, 4.69) is 27.9 Å². The van der Waals surface area contributed by atoms with Crippen LogP contribution < -0.4 is 10.6 Å². The van der Waals surface area contributed by atoms with Crippen molar-refractivity contribution in [3.8, 4) is 0 Å². The van der Waals surface area contributed by atoms with Gasteiger partial charge in [0.25, 0.3) is 0 Å². The summed E-state index contributed by atoms with van der Waals surface area (Å²) in [5.41, 5.74) is 4.15. The quantitative estimate of drug-likeness (QED) is 0.562. The number of benzene rings is 2. The lowest BCUT2D eigenvalue weighted by Crippen LogP contribution is -2.30. The van der Waals surface area contributed by atoms with Crippen LogP contribution in [-0.4, -0.2) is 21.4 Å². The lowest BCUT2D eigenvalue weighted by Gasteiger charge is -2.12. The maximum Gasteiger partial charge on any atom is 0.170 e. The predicted octanol–water partition coefficient (Wildman–Crippen LogP) is 4.87. The van der Waals surface area contributed by atoms with E-state index >= 15 is 0 Å². The zero-order valence-corrected chi connectivity index (χ0v) is 17.4. The molecule has 0 unspecified atom stereocenters. The van der Waals surface area contributed by atoms with E-state index in [1.54, 1.807) is 16.8 Å². The average Bonchev–Trinajstić information content (AvgIpc) is 2.93. The highest BCUT2D eigenvalue weighted by atomic mass is 35.5. The summed E-state index contributed by atoms with van der Waals surface area (Å²) < 4.78 is 15.8. The molecule has 0 amide bonds. The van der Waals surface area contributed by atoms with Crippen LogP contribution in [0.25, 0.3) is 0 Å². The fraction of sp³-hybridized carbons (Fsp3) is 0.238. The van der Waals surface area contributed by atoms with Crippen molar-refractivity contribution in [3.05, 3.63) is 81.9 Å². The Hall–Kier alpha value is -2.44. The molecule has 1 heterocycles. The Kier molecular flexibility index (Phi) is 6.65. The zero-order valence-electron chi connectivity index (χ0n) is 15.8. The highest BCUT2D eigenvalue weighted by molar-refractivity contribution is 7.80. The summed E-state index contributed by atoms with van der Waals surface area (Å²) in [5, 5.41) is 11.9. The van der Waals surface area contributed by atoms with E-state index in [1.807, 2.05) is 32.0 Å². The Morgan fingerprint density at radius 2 is 1.89 bits per heavy atom. The van der Waals surface area contributed by atoms with Gasteiger partial charge in [0.1, 0.15) is 5.82 Å². The molecule has 0 saturated heterocycles. The van der Waals surface area contributed by atoms with Gasteiger partial charge in [-0.25, -0.2) is 4.39 Å². The molecule has 0 aliphatic carbocycles. The molecule has 1 aromatic heterocycles. The van der Waals surface area contributed by atoms with E-state index in [0.717, 1.165) is 30.0 Å². The van der Waals surface area contributed by atoms with Crippen molar-refractivity contribution in [1.82, 2.24) is 15.1 Å². The summed E-state index contributed by atoms with van der Waals surface area (Å²) in [5.74, 6) is -0.340. The molecule has 0 aliphatic heterocycles. The van der Waals surface area contributed by atoms with Gasteiger partial charge in [0.2, 0.25) is 0 Å². The highest BCUT2D eigenvalue weighted by Crippen LogP contribution is 2.24. The van der Waals surface area contributed by atoms with Gasteiger partial charge in [0.15, 0.2) is 5.11 Å². The molecule has 0 bridgehead atoms. The fourth-order valence-corrected chi connectivity index (χ4v) is 3.41. The molecule has 146 valence electrons. The first-order valence-corrected chi connectivity index (χ1v) is 9.80. The molecule has 0 fully saturated rings. The van der Waals surface area contributed by atoms with Crippen LogP contribution in [0.5, 0.6) is 0 Å². The molecule has 0 atom stereocenters. The topological polar surface area (TPSA) is 41.9 Å². The molecule has 7 heteroatoms. The number of nitrogens with one attached hydrogen (secondary N) is 2. The number of halogens is 2. The molecular weight excluding hydrogens is 395 g/mol. The summed E-state index contributed by atoms with van der Waals surface area (Å²) in [7, 11) is 0. The third-order valence-corrected chi connectivity index (χ3v) is 5.13. The number of thiocarbonyl (C=S) groups is 1. The Labute approximate surface area is 174 Å². The van der Waals surface area contributed by atoms with Crippen molar-refractivity contribution in [2.75, 3.05) is 11.9 Å². The second-order valence-electron chi connectivity index (χ2n) is 6.52. The number of hydrogen-bond donors (Lipinski definition) is 2. The van der Waals surface area contributed by atoms with Gasteiger partial charge in [-0.1, -0.05) is 48.0 Å². The molecule has 0 radical (unpaired) electrons. The summed E-state index contributed by atoms with van der Waals surface area (Å²) in [6, 6.07) is 14.9. The van der Waals surface area contributed by atoms with E-state index in [4.69, 9.17) is 23.8 Å². The number of aromatic nitrogens is 2. The van der Waals surface area contributed by atoms with Gasteiger partial charge in [-0.2, -0.15) is 5.10 Å². The van der Waals surface area contributed by atoms with Gasteiger partial charge in [-0.05, 0) is 50.2 Å². The summed E-state index contributed by atoms with van der Waals surface area (Å²) in [6.07, 6.45) is 0.881. The van der Waals surface area contributed by atoms with Crippen LogP contribution in [-0.2, 0) is 13.0 Å². The van der Waals surface area contributed by atoms with Gasteiger partial charge in [0, 0.05) is 17.1 Å². The van der Waals surface area contributed by atoms with Gasteiger partial charge >= 0.3 is 0 Å². The molecule has 2 aromatic carbocycles. The predicted molar refractivity (Wildman–Crippen MR) is 117 cm³/mol. The van der Waals surface area contributed by atoms with E-state index in [1.165, 1.54) is 11.6 Å². The van der Waals surface area contributed by atoms with Crippen molar-refractivity contribution < 1.29 is 4.39 Å². The van der Waals surface area contributed by atoms with Gasteiger partial charge in [-0.3, -0.25) is 4.68 Å². The van der Waals surface area contributed by atoms with E-state index in [0.29, 0.717) is 15.7 Å². The summed E-state index contributed by atoms with van der Waals surface area (Å²) in [4.78, 5) is 0. The normalized spacial score (nSPS) is 10.7. The molecule has 3 aromatic rings. The lowest BCUT2D eigenvalue weighted by atomic mass is 10.1. The van der Waals surface area contributed by atoms with E-state index in [-0.39, 0.29) is 12.4 Å². The summed E-state index contributed by atoms with van der Waals surface area (Å²) >= 11 is 11.6. The Balaban J connectivity index is 1.64. The van der Waals surface area contributed by atoms with Crippen molar-refractivity contribution in [2.24, 2.45) is 0 Å². The minimum Gasteiger partial charge on any atom is -0.362 e. The Bertz CT molecular complexity index is 952. The van der Waals surface area contributed by atoms with Crippen molar-refractivity contribution in [2.45, 2.75) is 26.8 Å². The highest BCUT2D eigenvalue weighted by Gasteiger charge is 2.15. The van der Waals surface area contributed by atoms with E-state index < -0.39 is 0 Å². The van der Waals surface area contributed by atoms with Crippen LogP contribution in [0.2, 0.25) is 5.02 Å². The van der Waals surface area contributed by atoms with E-state index in [9.17, 15) is 4.39 Å². The van der Waals surface area contributed by atoms with Gasteiger partial charge < -0.3 is 10.6 Å². The fourth-order valence-electron chi connectivity index (χ4n) is 2.99. The van der Waals surface area contributed by atoms with Crippen molar-refractivity contribution >= 4 is 34.6 Å². The van der Waals surface area contributed by atoms with Crippen molar-refractivity contribution in [3.63, 3.8) is 0 Å². The molecule has 0 spiro atoms. The Morgan fingerprint density at radius 1 is 1.14 bits per heavy atom. The summed E-state index contributed by atoms with van der Waals surface area (Å²) in [6.45, 7) is 4.80. The molecule has 0 saturated carbocycles. The standard InChI is InChI=1S/C21H22ClFN4S/c1-14-20(25-21(28)24-12-11-16-7-4-3-5-8-16)15(2)27(26-14)13-17-18(22)9-6-10-19(17)23/h3-10H,11-13H2,1-2H3,(H2,24,25,28). The maximum atomic E-state index is 14.1. The minimum atomic E-state index is -0.340. The van der Waals surface area contributed by atoms with Crippen LogP contribution in [0.4, 0.5) is 10.1 Å². The second-order valence-corrected chi connectivity index (χ2v) is 7.34. The first-order valence-electron chi connectivity index (χ1n) is 9.01. The van der Waals surface area contributed by atoms with Crippen LogP contribution in [0, 0.1) is 19.7 Å². The monoisotopic (exact) mass is 416 g/mol. The molecular formula is C21H22ClFN4S. The first kappa shape index (κ1) is 20.3. The zero-order chi connectivity index (χ0) is 20.1. The van der Waals surface area contributed by atoms with Gasteiger partial charge in [-0.15, -0.1) is 0 Å². The average molecular weight is 417 g/mol. The lowest BCUT2D eigenvalue weighted by molar-refractivity contribution is 0.579. The number of aryl methyl sites for hydroxylation is 1. The molecule has 2 N–H and O–H groups in total. The molecule has 3 rings (SSSR count). The number of anilines is 1. The van der Waals surface area contributed by atoms with Crippen LogP contribution in [0.15, 0.2) is 48.5 Å².